The van der Waals surface area contributed by atoms with Crippen LogP contribution >= 0.6 is 23.2 Å². The number of pyridine rings is 1. The third-order valence-electron chi connectivity index (χ3n) is 6.25. The highest BCUT2D eigenvalue weighted by molar-refractivity contribution is 6.42. The van der Waals surface area contributed by atoms with E-state index in [2.05, 4.69) is 47.8 Å². The van der Waals surface area contributed by atoms with E-state index in [-0.39, 0.29) is 11.9 Å². The SMILES string of the molecule is CN(C)c1cc(NC2CCC(NC(=O)CCc3ccc(Cl)c(Cl)c3)CC2)nc2ccccc12. The Morgan fingerprint density at radius 3 is 2.45 bits per heavy atom. The number of rotatable bonds is 7. The van der Waals surface area contributed by atoms with E-state index in [0.717, 1.165) is 53.7 Å². The van der Waals surface area contributed by atoms with Crippen LogP contribution in [0.2, 0.25) is 10.0 Å². The minimum Gasteiger partial charge on any atom is -0.377 e. The van der Waals surface area contributed by atoms with Gasteiger partial charge in [-0.3, -0.25) is 4.79 Å². The van der Waals surface area contributed by atoms with Crippen LogP contribution in [-0.2, 0) is 11.2 Å². The monoisotopic (exact) mass is 484 g/mol. The van der Waals surface area contributed by atoms with Gasteiger partial charge < -0.3 is 15.5 Å². The zero-order valence-electron chi connectivity index (χ0n) is 19.1. The third kappa shape index (κ3) is 6.10. The molecule has 174 valence electrons. The molecule has 0 spiro atoms. The third-order valence-corrected chi connectivity index (χ3v) is 6.98. The van der Waals surface area contributed by atoms with Crippen molar-refractivity contribution in [3.8, 4) is 0 Å². The van der Waals surface area contributed by atoms with Gasteiger partial charge in [-0.25, -0.2) is 4.98 Å². The van der Waals surface area contributed by atoms with Crippen molar-refractivity contribution < 1.29 is 4.79 Å². The lowest BCUT2D eigenvalue weighted by Gasteiger charge is -2.30. The fourth-order valence-electron chi connectivity index (χ4n) is 4.45. The van der Waals surface area contributed by atoms with Crippen molar-refractivity contribution in [3.63, 3.8) is 0 Å². The molecule has 1 aliphatic carbocycles. The van der Waals surface area contributed by atoms with Crippen molar-refractivity contribution in [2.24, 2.45) is 0 Å². The molecule has 7 heteroatoms. The largest absolute Gasteiger partial charge is 0.377 e. The van der Waals surface area contributed by atoms with Gasteiger partial charge in [0.2, 0.25) is 5.91 Å². The smallest absolute Gasteiger partial charge is 0.220 e. The summed E-state index contributed by atoms with van der Waals surface area (Å²) in [4.78, 5) is 19.4. The van der Waals surface area contributed by atoms with Gasteiger partial charge in [0, 0.05) is 49.7 Å². The second-order valence-electron chi connectivity index (χ2n) is 8.95. The fourth-order valence-corrected chi connectivity index (χ4v) is 4.77. The second kappa shape index (κ2) is 10.6. The van der Waals surface area contributed by atoms with Gasteiger partial charge in [0.1, 0.15) is 5.82 Å². The minimum atomic E-state index is 0.0873. The standard InChI is InChI=1S/C26H30Cl2N4O/c1-32(2)24-16-25(31-23-6-4-3-5-20(23)24)29-18-9-11-19(12-10-18)30-26(33)14-8-17-7-13-21(27)22(28)15-17/h3-7,13,15-16,18-19H,8-12,14H2,1-2H3,(H,29,31)(H,30,33). The number of carbonyl (C=O) groups excluding carboxylic acids is 1. The molecule has 0 atom stereocenters. The van der Waals surface area contributed by atoms with Crippen LogP contribution in [0.25, 0.3) is 10.9 Å². The highest BCUT2D eigenvalue weighted by atomic mass is 35.5. The van der Waals surface area contributed by atoms with Crippen LogP contribution in [-0.4, -0.2) is 37.1 Å². The molecule has 0 unspecified atom stereocenters. The van der Waals surface area contributed by atoms with Crippen molar-refractivity contribution in [2.75, 3.05) is 24.3 Å². The summed E-state index contributed by atoms with van der Waals surface area (Å²) in [5.74, 6) is 0.996. The van der Waals surface area contributed by atoms with Gasteiger partial charge >= 0.3 is 0 Å². The molecule has 3 aromatic rings. The Balaban J connectivity index is 1.27. The van der Waals surface area contributed by atoms with E-state index in [9.17, 15) is 4.79 Å². The number of nitrogens with one attached hydrogen (secondary N) is 2. The Kier molecular flexibility index (Phi) is 7.61. The number of halogens is 2. The van der Waals surface area contributed by atoms with Gasteiger partial charge in [-0.2, -0.15) is 0 Å². The summed E-state index contributed by atoms with van der Waals surface area (Å²) in [6.45, 7) is 0. The van der Waals surface area contributed by atoms with Crippen LogP contribution in [0.5, 0.6) is 0 Å². The van der Waals surface area contributed by atoms with Crippen LogP contribution < -0.4 is 15.5 Å². The number of para-hydroxylation sites is 1. The normalized spacial score (nSPS) is 18.2. The molecule has 1 saturated carbocycles. The van der Waals surface area contributed by atoms with Gasteiger partial charge in [-0.1, -0.05) is 47.5 Å². The number of hydrogen-bond donors (Lipinski definition) is 2. The molecule has 0 saturated heterocycles. The number of amides is 1. The lowest BCUT2D eigenvalue weighted by atomic mass is 9.91. The lowest BCUT2D eigenvalue weighted by molar-refractivity contribution is -0.122. The molecule has 2 N–H and O–H groups in total. The molecule has 1 fully saturated rings. The molecule has 1 aliphatic rings. The first-order valence-corrected chi connectivity index (χ1v) is 12.2. The number of hydrogen-bond acceptors (Lipinski definition) is 4. The molecule has 33 heavy (non-hydrogen) atoms. The molecule has 1 amide bonds. The van der Waals surface area contributed by atoms with Crippen LogP contribution in [0.15, 0.2) is 48.5 Å². The summed E-state index contributed by atoms with van der Waals surface area (Å²) in [6, 6.07) is 16.5. The molecular weight excluding hydrogens is 455 g/mol. The summed E-state index contributed by atoms with van der Waals surface area (Å²) in [6.07, 6.45) is 5.04. The Morgan fingerprint density at radius 2 is 1.73 bits per heavy atom. The van der Waals surface area contributed by atoms with Crippen molar-refractivity contribution in [2.45, 2.75) is 50.6 Å². The predicted molar refractivity (Wildman–Crippen MR) is 139 cm³/mol. The molecule has 4 rings (SSSR count). The Bertz CT molecular complexity index is 1130. The molecule has 0 radical (unpaired) electrons. The summed E-state index contributed by atoms with van der Waals surface area (Å²) in [5, 5.41) is 9.04. The maximum Gasteiger partial charge on any atom is 0.220 e. The van der Waals surface area contributed by atoms with E-state index in [1.54, 1.807) is 6.07 Å². The first kappa shape index (κ1) is 23.7. The van der Waals surface area contributed by atoms with E-state index in [1.165, 1.54) is 0 Å². The number of carbonyl (C=O) groups is 1. The van der Waals surface area contributed by atoms with Crippen molar-refractivity contribution in [1.29, 1.82) is 0 Å². The molecule has 5 nitrogen and oxygen atoms in total. The van der Waals surface area contributed by atoms with Gasteiger partial charge in [0.05, 0.1) is 15.6 Å². The maximum absolute atomic E-state index is 12.4. The number of aromatic nitrogens is 1. The average Bonchev–Trinajstić information content (AvgIpc) is 2.80. The lowest BCUT2D eigenvalue weighted by Crippen LogP contribution is -2.40. The predicted octanol–water partition coefficient (Wildman–Crippen LogP) is 6.08. The van der Waals surface area contributed by atoms with E-state index in [4.69, 9.17) is 28.2 Å². The average molecular weight is 485 g/mol. The van der Waals surface area contributed by atoms with E-state index >= 15 is 0 Å². The molecule has 0 bridgehead atoms. The van der Waals surface area contributed by atoms with E-state index in [0.29, 0.717) is 28.9 Å². The van der Waals surface area contributed by atoms with Gasteiger partial charge in [0.25, 0.3) is 0 Å². The van der Waals surface area contributed by atoms with Crippen LogP contribution in [0, 0.1) is 0 Å². The first-order chi connectivity index (χ1) is 15.9. The van der Waals surface area contributed by atoms with E-state index in [1.807, 2.05) is 24.3 Å². The second-order valence-corrected chi connectivity index (χ2v) is 9.76. The minimum absolute atomic E-state index is 0.0873. The molecular formula is C26H30Cl2N4O. The highest BCUT2D eigenvalue weighted by Gasteiger charge is 2.23. The first-order valence-electron chi connectivity index (χ1n) is 11.5. The van der Waals surface area contributed by atoms with Crippen molar-refractivity contribution in [1.82, 2.24) is 10.3 Å². The van der Waals surface area contributed by atoms with Crippen molar-refractivity contribution >= 4 is 51.5 Å². The highest BCUT2D eigenvalue weighted by Crippen LogP contribution is 2.29. The number of benzene rings is 2. The summed E-state index contributed by atoms with van der Waals surface area (Å²) < 4.78 is 0. The number of nitrogens with zero attached hydrogens (tertiary/aromatic N) is 2. The zero-order chi connectivity index (χ0) is 23.4. The molecule has 1 aromatic heterocycles. The maximum atomic E-state index is 12.4. The summed E-state index contributed by atoms with van der Waals surface area (Å²) >= 11 is 12.0. The number of anilines is 2. The van der Waals surface area contributed by atoms with Crippen LogP contribution in [0.3, 0.4) is 0 Å². The number of fused-ring (bicyclic) bond motifs is 1. The quantitative estimate of drug-likeness (QED) is 0.426. The molecule has 0 aliphatic heterocycles. The van der Waals surface area contributed by atoms with Gasteiger partial charge in [-0.05, 0) is 55.9 Å². The molecule has 1 heterocycles. The van der Waals surface area contributed by atoms with Crippen LogP contribution in [0.4, 0.5) is 11.5 Å². The molecule has 2 aromatic carbocycles. The Morgan fingerprint density at radius 1 is 1.00 bits per heavy atom. The fraction of sp³-hybridized carbons (Fsp3) is 0.385. The zero-order valence-corrected chi connectivity index (χ0v) is 20.6. The van der Waals surface area contributed by atoms with Gasteiger partial charge in [-0.15, -0.1) is 0 Å². The van der Waals surface area contributed by atoms with E-state index < -0.39 is 0 Å². The Hall–Kier alpha value is -2.50. The summed E-state index contributed by atoms with van der Waals surface area (Å²) in [7, 11) is 4.11. The van der Waals surface area contributed by atoms with Gasteiger partial charge in [0.15, 0.2) is 0 Å². The topological polar surface area (TPSA) is 57.3 Å². The van der Waals surface area contributed by atoms with Crippen molar-refractivity contribution in [3.05, 3.63) is 64.1 Å². The summed E-state index contributed by atoms with van der Waals surface area (Å²) in [5.41, 5.74) is 3.17. The number of aryl methyl sites for hydroxylation is 1. The Labute approximate surface area is 205 Å². The van der Waals surface area contributed by atoms with Crippen LogP contribution in [0.1, 0.15) is 37.7 Å².